The minimum atomic E-state index is -0.231. The molecule has 1 aliphatic heterocycles. The average molecular weight is 427 g/mol. The van der Waals surface area contributed by atoms with Gasteiger partial charge in [0.05, 0.1) is 25.3 Å². The van der Waals surface area contributed by atoms with Gasteiger partial charge in [-0.15, -0.1) is 5.10 Å². The van der Waals surface area contributed by atoms with Crippen LogP contribution in [0.25, 0.3) is 10.9 Å². The van der Waals surface area contributed by atoms with Gasteiger partial charge in [-0.1, -0.05) is 0 Å². The van der Waals surface area contributed by atoms with Crippen LogP contribution in [0.1, 0.15) is 45.0 Å². The summed E-state index contributed by atoms with van der Waals surface area (Å²) < 4.78 is 13.0. The lowest BCUT2D eigenvalue weighted by Gasteiger charge is -2.26. The monoisotopic (exact) mass is 426 g/mol. The number of aromatic nitrogens is 5. The van der Waals surface area contributed by atoms with E-state index in [9.17, 15) is 4.79 Å². The first kappa shape index (κ1) is 21.5. The van der Waals surface area contributed by atoms with E-state index in [1.807, 2.05) is 28.9 Å². The van der Waals surface area contributed by atoms with Crippen molar-refractivity contribution in [1.29, 1.82) is 0 Å². The minimum absolute atomic E-state index is 0.0922. The summed E-state index contributed by atoms with van der Waals surface area (Å²) in [5, 5.41) is 13.2. The molecule has 0 radical (unpaired) electrons. The van der Waals surface area contributed by atoms with Crippen LogP contribution in [0.5, 0.6) is 5.75 Å². The third-order valence-electron chi connectivity index (χ3n) is 5.54. The second-order valence-electron chi connectivity index (χ2n) is 9.06. The second-order valence-corrected chi connectivity index (χ2v) is 9.06. The van der Waals surface area contributed by atoms with Crippen molar-refractivity contribution in [3.63, 3.8) is 0 Å². The smallest absolute Gasteiger partial charge is 0.252 e. The lowest BCUT2D eigenvalue weighted by atomic mass is 10.1. The van der Waals surface area contributed by atoms with Crippen molar-refractivity contribution in [2.75, 3.05) is 20.3 Å². The number of hydrogen-bond donors (Lipinski definition) is 1. The fourth-order valence-electron chi connectivity index (χ4n) is 4.00. The number of nitrogens with zero attached hydrogens (tertiary/aromatic N) is 5. The molecule has 3 aromatic rings. The maximum absolute atomic E-state index is 12.8. The van der Waals surface area contributed by atoms with E-state index >= 15 is 0 Å². The van der Waals surface area contributed by atoms with Gasteiger partial charge in [-0.3, -0.25) is 9.69 Å². The summed E-state index contributed by atoms with van der Waals surface area (Å²) in [6.07, 6.45) is 2.24. The molecule has 9 nitrogen and oxygen atoms in total. The Labute approximate surface area is 181 Å². The number of ether oxygens (including phenoxy) is 2. The van der Waals surface area contributed by atoms with Gasteiger partial charge in [0.25, 0.3) is 5.56 Å². The summed E-state index contributed by atoms with van der Waals surface area (Å²) in [4.78, 5) is 18.0. The van der Waals surface area contributed by atoms with Crippen LogP contribution in [0.4, 0.5) is 0 Å². The number of methoxy groups -OCH3 is 1. The molecule has 4 rings (SSSR count). The van der Waals surface area contributed by atoms with Crippen LogP contribution in [0.3, 0.4) is 0 Å². The highest BCUT2D eigenvalue weighted by Gasteiger charge is 2.25. The van der Waals surface area contributed by atoms with Gasteiger partial charge in [-0.25, -0.2) is 4.68 Å². The fraction of sp³-hybridized carbons (Fsp3) is 0.545. The number of pyridine rings is 1. The summed E-state index contributed by atoms with van der Waals surface area (Å²) in [7, 11) is 1.64. The Bertz CT molecular complexity index is 1090. The van der Waals surface area contributed by atoms with Gasteiger partial charge in [-0.05, 0) is 68.3 Å². The highest BCUT2D eigenvalue weighted by molar-refractivity contribution is 5.80. The predicted octanol–water partition coefficient (Wildman–Crippen LogP) is 2.46. The maximum atomic E-state index is 12.8. The van der Waals surface area contributed by atoms with Crippen molar-refractivity contribution in [2.45, 2.75) is 58.3 Å². The Morgan fingerprint density at radius 1 is 1.29 bits per heavy atom. The Hall–Kier alpha value is -2.78. The Balaban J connectivity index is 1.63. The lowest BCUT2D eigenvalue weighted by Crippen LogP contribution is -2.35. The van der Waals surface area contributed by atoms with Gasteiger partial charge in [0.15, 0.2) is 5.82 Å². The van der Waals surface area contributed by atoms with Crippen LogP contribution in [0.2, 0.25) is 0 Å². The van der Waals surface area contributed by atoms with Gasteiger partial charge < -0.3 is 14.5 Å². The number of rotatable bonds is 7. The van der Waals surface area contributed by atoms with Gasteiger partial charge >= 0.3 is 0 Å². The molecule has 2 aromatic heterocycles. The maximum Gasteiger partial charge on any atom is 0.252 e. The first-order valence-corrected chi connectivity index (χ1v) is 10.6. The van der Waals surface area contributed by atoms with Crippen LogP contribution in [0, 0.1) is 0 Å². The quantitative estimate of drug-likeness (QED) is 0.620. The standard InChI is InChI=1S/C22H30N6O3/c1-22(2,3)28-20(24-25-26-28)14-27(13-18-6-5-9-31-18)12-16-10-15-11-17(30-4)7-8-19(15)23-21(16)29/h7-8,10-11,18H,5-6,9,12-14H2,1-4H3,(H,23,29)/t18-/m1/s1. The molecule has 9 heteroatoms. The second kappa shape index (κ2) is 8.76. The molecular weight excluding hydrogens is 396 g/mol. The molecular formula is C22H30N6O3. The third kappa shape index (κ3) is 4.94. The summed E-state index contributed by atoms with van der Waals surface area (Å²) in [6, 6.07) is 7.57. The van der Waals surface area contributed by atoms with Gasteiger partial charge in [0.1, 0.15) is 5.75 Å². The normalized spacial score (nSPS) is 17.0. The highest BCUT2D eigenvalue weighted by atomic mass is 16.5. The van der Waals surface area contributed by atoms with E-state index in [4.69, 9.17) is 9.47 Å². The van der Waals surface area contributed by atoms with Crippen LogP contribution in [0.15, 0.2) is 29.1 Å². The molecule has 1 atom stereocenters. The van der Waals surface area contributed by atoms with Crippen molar-refractivity contribution < 1.29 is 9.47 Å². The molecule has 0 spiro atoms. The zero-order valence-electron chi connectivity index (χ0n) is 18.6. The van der Waals surface area contributed by atoms with E-state index in [2.05, 4.69) is 46.2 Å². The minimum Gasteiger partial charge on any atom is -0.497 e. The average Bonchev–Trinajstić information content (AvgIpc) is 3.40. The molecule has 0 amide bonds. The van der Waals surface area contributed by atoms with E-state index < -0.39 is 0 Å². The summed E-state index contributed by atoms with van der Waals surface area (Å²) in [5.41, 5.74) is 1.15. The molecule has 0 unspecified atom stereocenters. The first-order chi connectivity index (χ1) is 14.8. The number of tetrazole rings is 1. The molecule has 1 aromatic carbocycles. The number of nitrogens with one attached hydrogen (secondary N) is 1. The van der Waals surface area contributed by atoms with Crippen LogP contribution in [-0.2, 0) is 23.4 Å². The number of H-pyrrole nitrogens is 1. The SMILES string of the molecule is COc1ccc2[nH]c(=O)c(CN(Cc3nnnn3C(C)(C)C)C[C@H]3CCCO3)cc2c1. The Morgan fingerprint density at radius 2 is 2.13 bits per heavy atom. The van der Waals surface area contributed by atoms with Crippen molar-refractivity contribution in [1.82, 2.24) is 30.1 Å². The summed E-state index contributed by atoms with van der Waals surface area (Å²) >= 11 is 0. The fourth-order valence-corrected chi connectivity index (χ4v) is 4.00. The third-order valence-corrected chi connectivity index (χ3v) is 5.54. The Morgan fingerprint density at radius 3 is 2.84 bits per heavy atom. The molecule has 31 heavy (non-hydrogen) atoms. The number of fused-ring (bicyclic) bond motifs is 1. The summed E-state index contributed by atoms with van der Waals surface area (Å²) in [6.45, 7) is 8.70. The van der Waals surface area contributed by atoms with E-state index in [0.717, 1.165) is 41.9 Å². The number of hydrogen-bond acceptors (Lipinski definition) is 7. The predicted molar refractivity (Wildman–Crippen MR) is 117 cm³/mol. The summed E-state index contributed by atoms with van der Waals surface area (Å²) in [5.74, 6) is 1.52. The van der Waals surface area contributed by atoms with Gasteiger partial charge in [-0.2, -0.15) is 0 Å². The van der Waals surface area contributed by atoms with Gasteiger partial charge in [0, 0.05) is 36.2 Å². The number of aromatic amines is 1. The van der Waals surface area contributed by atoms with Crippen LogP contribution < -0.4 is 10.3 Å². The van der Waals surface area contributed by atoms with Gasteiger partial charge in [0.2, 0.25) is 0 Å². The van der Waals surface area contributed by atoms with Crippen LogP contribution >= 0.6 is 0 Å². The largest absolute Gasteiger partial charge is 0.497 e. The first-order valence-electron chi connectivity index (χ1n) is 10.6. The van der Waals surface area contributed by atoms with Crippen molar-refractivity contribution in [2.24, 2.45) is 0 Å². The van der Waals surface area contributed by atoms with E-state index in [1.54, 1.807) is 7.11 Å². The molecule has 0 aliphatic carbocycles. The van der Waals surface area contributed by atoms with Crippen LogP contribution in [-0.4, -0.2) is 56.5 Å². The van der Waals surface area contributed by atoms with E-state index in [1.165, 1.54) is 0 Å². The molecule has 3 heterocycles. The molecule has 1 N–H and O–H groups in total. The molecule has 166 valence electrons. The van der Waals surface area contributed by atoms with Crippen molar-refractivity contribution >= 4 is 10.9 Å². The van der Waals surface area contributed by atoms with Crippen molar-refractivity contribution in [3.8, 4) is 5.75 Å². The lowest BCUT2D eigenvalue weighted by molar-refractivity contribution is 0.0657. The molecule has 1 aliphatic rings. The zero-order chi connectivity index (χ0) is 22.0. The highest BCUT2D eigenvalue weighted by Crippen LogP contribution is 2.21. The molecule has 0 bridgehead atoms. The van der Waals surface area contributed by atoms with E-state index in [0.29, 0.717) is 25.2 Å². The zero-order valence-corrected chi connectivity index (χ0v) is 18.6. The molecule has 0 saturated carbocycles. The topological polar surface area (TPSA) is 98.2 Å². The molecule has 1 fully saturated rings. The Kier molecular flexibility index (Phi) is 6.06. The molecule has 1 saturated heterocycles. The van der Waals surface area contributed by atoms with Crippen molar-refractivity contribution in [3.05, 3.63) is 46.0 Å². The van der Waals surface area contributed by atoms with E-state index in [-0.39, 0.29) is 17.2 Å². The number of benzene rings is 1.